The minimum atomic E-state index is -0.167. The fourth-order valence-electron chi connectivity index (χ4n) is 1.91. The largest absolute Gasteiger partial charge is 0.392 e. The third kappa shape index (κ3) is 1.25. The van der Waals surface area contributed by atoms with Crippen molar-refractivity contribution in [3.63, 3.8) is 0 Å². The zero-order valence-electron chi connectivity index (χ0n) is 7.27. The predicted molar refractivity (Wildman–Crippen MR) is 45.8 cm³/mol. The van der Waals surface area contributed by atoms with E-state index in [1.165, 1.54) is 0 Å². The maximum atomic E-state index is 9.60. The average molecular weight is 166 g/mol. The summed E-state index contributed by atoms with van der Waals surface area (Å²) in [4.78, 5) is 4.25. The van der Waals surface area contributed by atoms with Crippen LogP contribution in [-0.2, 0) is 7.05 Å². The highest BCUT2D eigenvalue weighted by molar-refractivity contribution is 5.09. The van der Waals surface area contributed by atoms with Gasteiger partial charge in [-0.15, -0.1) is 0 Å². The highest BCUT2D eigenvalue weighted by atomic mass is 16.3. The number of hydrogen-bond donors (Lipinski definition) is 1. The normalized spacial score (nSPS) is 29.5. The molecule has 0 unspecified atom stereocenters. The Hall–Kier alpha value is -0.830. The van der Waals surface area contributed by atoms with Crippen LogP contribution in [-0.4, -0.2) is 20.8 Å². The minimum Gasteiger partial charge on any atom is -0.392 e. The van der Waals surface area contributed by atoms with Crippen molar-refractivity contribution in [2.45, 2.75) is 31.3 Å². The van der Waals surface area contributed by atoms with Gasteiger partial charge in [0.05, 0.1) is 18.1 Å². The van der Waals surface area contributed by atoms with Gasteiger partial charge in [-0.05, 0) is 12.8 Å². The molecule has 3 heteroatoms. The molecular weight excluding hydrogens is 152 g/mol. The van der Waals surface area contributed by atoms with Crippen LogP contribution >= 0.6 is 0 Å². The van der Waals surface area contributed by atoms with Crippen LogP contribution in [0.3, 0.4) is 0 Å². The van der Waals surface area contributed by atoms with Crippen LogP contribution in [0.25, 0.3) is 0 Å². The van der Waals surface area contributed by atoms with Gasteiger partial charge in [0.15, 0.2) is 0 Å². The van der Waals surface area contributed by atoms with E-state index in [0.29, 0.717) is 0 Å². The lowest BCUT2D eigenvalue weighted by Crippen LogP contribution is -2.11. The van der Waals surface area contributed by atoms with Crippen LogP contribution in [0.1, 0.15) is 30.9 Å². The summed E-state index contributed by atoms with van der Waals surface area (Å²) in [7, 11) is 1.96. The molecule has 2 atom stereocenters. The fraction of sp³-hybridized carbons (Fsp3) is 0.667. The Morgan fingerprint density at radius 3 is 2.92 bits per heavy atom. The van der Waals surface area contributed by atoms with Gasteiger partial charge in [-0.1, -0.05) is 6.42 Å². The highest BCUT2D eigenvalue weighted by Crippen LogP contribution is 2.33. The van der Waals surface area contributed by atoms with E-state index in [4.69, 9.17) is 0 Å². The van der Waals surface area contributed by atoms with Gasteiger partial charge >= 0.3 is 0 Å². The summed E-state index contributed by atoms with van der Waals surface area (Å²) in [6.07, 6.45) is 6.77. The van der Waals surface area contributed by atoms with Crippen LogP contribution in [0.5, 0.6) is 0 Å². The standard InChI is InChI=1S/C9H14N2O/c1-11-5-8(10-6-11)7-3-2-4-9(7)12/h5-7,9,12H,2-4H2,1H3/t7-,9+/m0/s1. The van der Waals surface area contributed by atoms with Gasteiger partial charge in [0.2, 0.25) is 0 Å². The lowest BCUT2D eigenvalue weighted by molar-refractivity contribution is 0.162. The van der Waals surface area contributed by atoms with E-state index >= 15 is 0 Å². The van der Waals surface area contributed by atoms with Gasteiger partial charge in [0, 0.05) is 19.2 Å². The van der Waals surface area contributed by atoms with Crippen molar-refractivity contribution in [2.75, 3.05) is 0 Å². The Labute approximate surface area is 72.0 Å². The Morgan fingerprint density at radius 2 is 2.42 bits per heavy atom. The maximum Gasteiger partial charge on any atom is 0.0946 e. The second kappa shape index (κ2) is 2.90. The smallest absolute Gasteiger partial charge is 0.0946 e. The summed E-state index contributed by atoms with van der Waals surface area (Å²) in [5.74, 6) is 0.284. The van der Waals surface area contributed by atoms with Gasteiger partial charge in [-0.3, -0.25) is 0 Å². The van der Waals surface area contributed by atoms with E-state index in [1.54, 1.807) is 6.33 Å². The van der Waals surface area contributed by atoms with Crippen molar-refractivity contribution in [2.24, 2.45) is 7.05 Å². The second-order valence-electron chi connectivity index (χ2n) is 3.57. The molecule has 0 aliphatic heterocycles. The highest BCUT2D eigenvalue weighted by Gasteiger charge is 2.27. The third-order valence-corrected chi connectivity index (χ3v) is 2.58. The topological polar surface area (TPSA) is 38.0 Å². The van der Waals surface area contributed by atoms with E-state index < -0.39 is 0 Å². The molecule has 3 nitrogen and oxygen atoms in total. The quantitative estimate of drug-likeness (QED) is 0.677. The first-order valence-electron chi connectivity index (χ1n) is 4.43. The molecule has 1 fully saturated rings. The zero-order chi connectivity index (χ0) is 8.55. The lowest BCUT2D eigenvalue weighted by Gasteiger charge is -2.10. The molecule has 2 rings (SSSR count). The first-order chi connectivity index (χ1) is 5.77. The summed E-state index contributed by atoms with van der Waals surface area (Å²) in [6, 6.07) is 0. The number of hydrogen-bond acceptors (Lipinski definition) is 2. The molecule has 0 radical (unpaired) electrons. The van der Waals surface area contributed by atoms with Crippen molar-refractivity contribution >= 4 is 0 Å². The van der Waals surface area contributed by atoms with E-state index in [0.717, 1.165) is 25.0 Å². The Morgan fingerprint density at radius 1 is 1.58 bits per heavy atom. The monoisotopic (exact) mass is 166 g/mol. The van der Waals surface area contributed by atoms with Crippen molar-refractivity contribution in [3.05, 3.63) is 18.2 Å². The van der Waals surface area contributed by atoms with Gasteiger partial charge < -0.3 is 9.67 Å². The van der Waals surface area contributed by atoms with E-state index in [1.807, 2.05) is 17.8 Å². The molecule has 1 N–H and O–H groups in total. The van der Waals surface area contributed by atoms with Gasteiger partial charge in [0.25, 0.3) is 0 Å². The summed E-state index contributed by atoms with van der Waals surface area (Å²) in [5.41, 5.74) is 1.04. The zero-order valence-corrected chi connectivity index (χ0v) is 7.27. The number of aliphatic hydroxyl groups is 1. The molecule has 0 aromatic carbocycles. The number of imidazole rings is 1. The van der Waals surface area contributed by atoms with E-state index in [2.05, 4.69) is 4.98 Å². The molecule has 1 saturated carbocycles. The fourth-order valence-corrected chi connectivity index (χ4v) is 1.91. The Kier molecular flexibility index (Phi) is 1.89. The number of rotatable bonds is 1. The van der Waals surface area contributed by atoms with Crippen LogP contribution < -0.4 is 0 Å². The number of nitrogens with zero attached hydrogens (tertiary/aromatic N) is 2. The lowest BCUT2D eigenvalue weighted by atomic mass is 10.0. The van der Waals surface area contributed by atoms with Crippen molar-refractivity contribution < 1.29 is 5.11 Å². The summed E-state index contributed by atoms with van der Waals surface area (Å²) < 4.78 is 1.93. The minimum absolute atomic E-state index is 0.167. The molecular formula is C9H14N2O. The second-order valence-corrected chi connectivity index (χ2v) is 3.57. The molecule has 1 aliphatic carbocycles. The molecule has 0 saturated heterocycles. The molecule has 1 heterocycles. The molecule has 0 amide bonds. The van der Waals surface area contributed by atoms with E-state index in [9.17, 15) is 5.11 Å². The summed E-state index contributed by atoms with van der Waals surface area (Å²) in [6.45, 7) is 0. The molecule has 0 spiro atoms. The molecule has 1 aromatic heterocycles. The molecule has 1 aliphatic rings. The maximum absolute atomic E-state index is 9.60. The molecule has 1 aromatic rings. The van der Waals surface area contributed by atoms with Gasteiger partial charge in [-0.25, -0.2) is 4.98 Å². The average Bonchev–Trinajstić information content (AvgIpc) is 2.58. The number of aliphatic hydroxyl groups excluding tert-OH is 1. The molecule has 12 heavy (non-hydrogen) atoms. The summed E-state index contributed by atoms with van der Waals surface area (Å²) >= 11 is 0. The SMILES string of the molecule is Cn1cnc([C@@H]2CCC[C@H]2O)c1. The van der Waals surface area contributed by atoms with Crippen molar-refractivity contribution in [1.29, 1.82) is 0 Å². The van der Waals surface area contributed by atoms with Crippen LogP contribution in [0, 0.1) is 0 Å². The molecule has 0 bridgehead atoms. The third-order valence-electron chi connectivity index (χ3n) is 2.58. The van der Waals surface area contributed by atoms with Crippen molar-refractivity contribution in [1.82, 2.24) is 9.55 Å². The summed E-state index contributed by atoms with van der Waals surface area (Å²) in [5, 5.41) is 9.60. The van der Waals surface area contributed by atoms with Crippen LogP contribution in [0.15, 0.2) is 12.5 Å². The predicted octanol–water partition coefficient (Wildman–Crippen LogP) is 1.05. The van der Waals surface area contributed by atoms with Gasteiger partial charge in [-0.2, -0.15) is 0 Å². The van der Waals surface area contributed by atoms with Crippen LogP contribution in [0.2, 0.25) is 0 Å². The van der Waals surface area contributed by atoms with Crippen LogP contribution in [0.4, 0.5) is 0 Å². The van der Waals surface area contributed by atoms with E-state index in [-0.39, 0.29) is 12.0 Å². The van der Waals surface area contributed by atoms with Gasteiger partial charge in [0.1, 0.15) is 0 Å². The number of aromatic nitrogens is 2. The Balaban J connectivity index is 2.19. The first kappa shape index (κ1) is 7.80. The Bertz CT molecular complexity index is 269. The van der Waals surface area contributed by atoms with Crippen molar-refractivity contribution in [3.8, 4) is 0 Å². The molecule has 66 valence electrons. The first-order valence-corrected chi connectivity index (χ1v) is 4.43. The number of aryl methyl sites for hydroxylation is 1.